The standard InChI is InChI=1S/C21H33N5O.HI/c1-7-22-21(25(5)15-19-10-8-16(2)9-11-19)23-14-20-17(3)24-26(18(20)4)12-13-27-6;/h8-11H,7,12-15H2,1-6H3,(H,22,23);1H. The number of nitrogens with one attached hydrogen (secondary N) is 1. The van der Waals surface area contributed by atoms with E-state index in [9.17, 15) is 0 Å². The average Bonchev–Trinajstić information content (AvgIpc) is 2.92. The Morgan fingerprint density at radius 3 is 2.50 bits per heavy atom. The van der Waals surface area contributed by atoms with Crippen molar-refractivity contribution >= 4 is 29.9 Å². The van der Waals surface area contributed by atoms with E-state index in [1.165, 1.54) is 16.7 Å². The molecule has 0 aliphatic carbocycles. The molecule has 0 saturated heterocycles. The first-order chi connectivity index (χ1) is 13.0. The maximum atomic E-state index is 5.17. The molecular weight excluding hydrogens is 465 g/mol. The second kappa shape index (κ2) is 12.1. The van der Waals surface area contributed by atoms with Crippen LogP contribution in [0.3, 0.4) is 0 Å². The molecule has 0 fully saturated rings. The fourth-order valence-corrected chi connectivity index (χ4v) is 3.02. The normalized spacial score (nSPS) is 11.3. The van der Waals surface area contributed by atoms with E-state index in [0.717, 1.165) is 37.0 Å². The monoisotopic (exact) mass is 499 g/mol. The zero-order valence-corrected chi connectivity index (χ0v) is 20.3. The van der Waals surface area contributed by atoms with E-state index in [-0.39, 0.29) is 24.0 Å². The Kier molecular flexibility index (Phi) is 10.5. The predicted octanol–water partition coefficient (Wildman–Crippen LogP) is 3.67. The molecule has 0 aliphatic heterocycles. The van der Waals surface area contributed by atoms with Crippen LogP contribution in [-0.2, 0) is 24.4 Å². The molecule has 6 nitrogen and oxygen atoms in total. The van der Waals surface area contributed by atoms with Gasteiger partial charge in [-0.1, -0.05) is 29.8 Å². The summed E-state index contributed by atoms with van der Waals surface area (Å²) in [6.07, 6.45) is 0. The Morgan fingerprint density at radius 1 is 1.21 bits per heavy atom. The van der Waals surface area contributed by atoms with Gasteiger partial charge >= 0.3 is 0 Å². The molecule has 2 rings (SSSR count). The number of ether oxygens (including phenoxy) is 1. The predicted molar refractivity (Wildman–Crippen MR) is 126 cm³/mol. The summed E-state index contributed by atoms with van der Waals surface area (Å²) >= 11 is 0. The van der Waals surface area contributed by atoms with Gasteiger partial charge < -0.3 is 15.0 Å². The molecule has 0 bridgehead atoms. The lowest BCUT2D eigenvalue weighted by atomic mass is 10.1. The van der Waals surface area contributed by atoms with Crippen molar-refractivity contribution in [2.75, 3.05) is 27.3 Å². The van der Waals surface area contributed by atoms with E-state index in [4.69, 9.17) is 9.73 Å². The quantitative estimate of drug-likeness (QED) is 0.342. The lowest BCUT2D eigenvalue weighted by Gasteiger charge is -2.22. The largest absolute Gasteiger partial charge is 0.383 e. The molecule has 0 unspecified atom stereocenters. The highest BCUT2D eigenvalue weighted by Crippen LogP contribution is 2.15. The van der Waals surface area contributed by atoms with Gasteiger partial charge in [0, 0.05) is 38.5 Å². The third kappa shape index (κ3) is 6.77. The van der Waals surface area contributed by atoms with Crippen molar-refractivity contribution in [3.63, 3.8) is 0 Å². The highest BCUT2D eigenvalue weighted by molar-refractivity contribution is 14.0. The van der Waals surface area contributed by atoms with Crippen LogP contribution in [0, 0.1) is 20.8 Å². The first-order valence-corrected chi connectivity index (χ1v) is 9.53. The first-order valence-electron chi connectivity index (χ1n) is 9.53. The summed E-state index contributed by atoms with van der Waals surface area (Å²) in [5.41, 5.74) is 5.92. The number of benzene rings is 1. The van der Waals surface area contributed by atoms with Crippen molar-refractivity contribution in [3.05, 3.63) is 52.3 Å². The molecular formula is C21H34IN5O. The Labute approximate surface area is 186 Å². The molecule has 0 saturated carbocycles. The van der Waals surface area contributed by atoms with Crippen LogP contribution in [0.15, 0.2) is 29.3 Å². The Hall–Kier alpha value is -1.61. The van der Waals surface area contributed by atoms with Crippen molar-refractivity contribution in [1.29, 1.82) is 0 Å². The number of aromatic nitrogens is 2. The number of aryl methyl sites for hydroxylation is 2. The van der Waals surface area contributed by atoms with Crippen LogP contribution in [0.2, 0.25) is 0 Å². The Bertz CT molecular complexity index is 755. The van der Waals surface area contributed by atoms with E-state index in [0.29, 0.717) is 13.2 Å². The summed E-state index contributed by atoms with van der Waals surface area (Å²) in [5.74, 6) is 0.904. The van der Waals surface area contributed by atoms with Gasteiger partial charge in [-0.15, -0.1) is 24.0 Å². The van der Waals surface area contributed by atoms with Crippen molar-refractivity contribution in [2.45, 2.75) is 47.3 Å². The van der Waals surface area contributed by atoms with Crippen LogP contribution in [-0.4, -0.2) is 47.9 Å². The third-order valence-electron chi connectivity index (χ3n) is 4.66. The molecule has 0 radical (unpaired) electrons. The molecule has 28 heavy (non-hydrogen) atoms. The average molecular weight is 499 g/mol. The highest BCUT2D eigenvalue weighted by Gasteiger charge is 2.12. The number of halogens is 1. The van der Waals surface area contributed by atoms with Crippen molar-refractivity contribution in [2.24, 2.45) is 4.99 Å². The summed E-state index contributed by atoms with van der Waals surface area (Å²) in [6, 6.07) is 8.63. The number of rotatable bonds is 8. The SMILES string of the molecule is CCNC(=NCc1c(C)nn(CCOC)c1C)N(C)Cc1ccc(C)cc1.I. The summed E-state index contributed by atoms with van der Waals surface area (Å²) in [7, 11) is 3.78. The highest BCUT2D eigenvalue weighted by atomic mass is 127. The van der Waals surface area contributed by atoms with Crippen LogP contribution in [0.4, 0.5) is 0 Å². The van der Waals surface area contributed by atoms with Crippen LogP contribution >= 0.6 is 24.0 Å². The van der Waals surface area contributed by atoms with Gasteiger partial charge in [0.25, 0.3) is 0 Å². The first kappa shape index (κ1) is 24.4. The van der Waals surface area contributed by atoms with E-state index in [1.807, 2.05) is 11.6 Å². The molecule has 156 valence electrons. The van der Waals surface area contributed by atoms with Gasteiger partial charge in [0.15, 0.2) is 5.96 Å². The zero-order chi connectivity index (χ0) is 19.8. The Morgan fingerprint density at radius 2 is 1.89 bits per heavy atom. The lowest BCUT2D eigenvalue weighted by Crippen LogP contribution is -2.38. The van der Waals surface area contributed by atoms with Crippen LogP contribution in [0.1, 0.15) is 35.0 Å². The molecule has 0 atom stereocenters. The van der Waals surface area contributed by atoms with E-state index < -0.39 is 0 Å². The maximum Gasteiger partial charge on any atom is 0.194 e. The second-order valence-corrected chi connectivity index (χ2v) is 6.88. The minimum Gasteiger partial charge on any atom is -0.383 e. The molecule has 7 heteroatoms. The molecule has 1 aromatic carbocycles. The summed E-state index contributed by atoms with van der Waals surface area (Å²) in [5, 5.41) is 8.02. The smallest absolute Gasteiger partial charge is 0.194 e. The molecule has 0 amide bonds. The number of hydrogen-bond acceptors (Lipinski definition) is 3. The molecule has 2 aromatic rings. The number of guanidine groups is 1. The minimum absolute atomic E-state index is 0. The maximum absolute atomic E-state index is 5.17. The van der Waals surface area contributed by atoms with Crippen molar-refractivity contribution in [3.8, 4) is 0 Å². The molecule has 0 spiro atoms. The second-order valence-electron chi connectivity index (χ2n) is 6.88. The summed E-state index contributed by atoms with van der Waals surface area (Å²) < 4.78 is 7.18. The van der Waals surface area contributed by atoms with Crippen LogP contribution in [0.25, 0.3) is 0 Å². The lowest BCUT2D eigenvalue weighted by molar-refractivity contribution is 0.182. The topological polar surface area (TPSA) is 54.7 Å². The molecule has 1 aromatic heterocycles. The molecule has 0 aliphatic rings. The zero-order valence-electron chi connectivity index (χ0n) is 18.0. The number of aliphatic imine (C=N–C) groups is 1. The molecule has 1 N–H and O–H groups in total. The Balaban J connectivity index is 0.00000392. The van der Waals surface area contributed by atoms with Gasteiger partial charge in [-0.05, 0) is 33.3 Å². The fourth-order valence-electron chi connectivity index (χ4n) is 3.02. The van der Waals surface area contributed by atoms with Gasteiger partial charge in [0.2, 0.25) is 0 Å². The van der Waals surface area contributed by atoms with Gasteiger partial charge in [-0.2, -0.15) is 5.10 Å². The van der Waals surface area contributed by atoms with Gasteiger partial charge in [-0.3, -0.25) is 4.68 Å². The minimum atomic E-state index is 0. The third-order valence-corrected chi connectivity index (χ3v) is 4.66. The summed E-state index contributed by atoms with van der Waals surface area (Å²) in [6.45, 7) is 12.0. The van der Waals surface area contributed by atoms with Crippen molar-refractivity contribution in [1.82, 2.24) is 20.0 Å². The van der Waals surface area contributed by atoms with Crippen LogP contribution in [0.5, 0.6) is 0 Å². The van der Waals surface area contributed by atoms with Gasteiger partial charge in [-0.25, -0.2) is 4.99 Å². The van der Waals surface area contributed by atoms with E-state index in [2.05, 4.69) is 67.4 Å². The van der Waals surface area contributed by atoms with Crippen LogP contribution < -0.4 is 5.32 Å². The van der Waals surface area contributed by atoms with E-state index >= 15 is 0 Å². The number of methoxy groups -OCH3 is 1. The van der Waals surface area contributed by atoms with Gasteiger partial charge in [0.1, 0.15) is 0 Å². The van der Waals surface area contributed by atoms with Gasteiger partial charge in [0.05, 0.1) is 25.4 Å². The number of nitrogens with zero attached hydrogens (tertiary/aromatic N) is 4. The molecule has 1 heterocycles. The number of hydrogen-bond donors (Lipinski definition) is 1. The fraction of sp³-hybridized carbons (Fsp3) is 0.524. The van der Waals surface area contributed by atoms with E-state index in [1.54, 1.807) is 7.11 Å². The summed E-state index contributed by atoms with van der Waals surface area (Å²) in [4.78, 5) is 7.02. The van der Waals surface area contributed by atoms with Crippen molar-refractivity contribution < 1.29 is 4.74 Å².